The zero-order valence-electron chi connectivity index (χ0n) is 15.4. The van der Waals surface area contributed by atoms with E-state index in [1.165, 1.54) is 21.5 Å². The zero-order chi connectivity index (χ0) is 19.5. The van der Waals surface area contributed by atoms with E-state index in [4.69, 9.17) is 0 Å². The minimum absolute atomic E-state index is 0.906. The second-order valence-electron chi connectivity index (χ2n) is 6.95. The molecule has 28 heavy (non-hydrogen) atoms. The Bertz CT molecular complexity index is 1020. The van der Waals surface area contributed by atoms with Crippen LogP contribution in [0.3, 0.4) is 0 Å². The van der Waals surface area contributed by atoms with Crippen LogP contribution in [0.4, 0.5) is 0 Å². The first kappa shape index (κ1) is 19.6. The van der Waals surface area contributed by atoms with Gasteiger partial charge in [-0.25, -0.2) is 0 Å². The minimum atomic E-state index is -2.96. The molecule has 0 spiro atoms. The Morgan fingerprint density at radius 1 is 0.536 bits per heavy atom. The van der Waals surface area contributed by atoms with Crippen molar-refractivity contribution in [2.45, 2.75) is 6.16 Å². The topological polar surface area (TPSA) is 0 Å². The average molecular weight is 512 g/mol. The van der Waals surface area contributed by atoms with Gasteiger partial charge in [-0.05, 0) is 0 Å². The van der Waals surface area contributed by atoms with E-state index in [0.29, 0.717) is 0 Å². The first-order valence-corrected chi connectivity index (χ1v) is 14.5. The molecule has 3 heteroatoms. The molecule has 4 aromatic carbocycles. The molecule has 0 atom stereocenters. The SMILES string of the molecule is Brc1ccccc1P(Br)(Cc1ccccc1)(c1ccccc1)c1ccccc1. The molecule has 0 aliphatic heterocycles. The first-order valence-electron chi connectivity index (χ1n) is 9.26. The maximum absolute atomic E-state index is 4.51. The van der Waals surface area contributed by atoms with Crippen LogP contribution in [0.25, 0.3) is 0 Å². The predicted octanol–water partition coefficient (Wildman–Crippen LogP) is 6.79. The molecule has 0 aliphatic carbocycles. The number of hydrogen-bond donors (Lipinski definition) is 0. The number of benzene rings is 4. The standard InChI is InChI=1S/C25H21Br2P/c26-24-18-10-11-19-25(24)28(27,22-14-6-2-7-15-22,23-16-8-3-9-17-23)20-21-12-4-1-5-13-21/h1-19H,20H2. The summed E-state index contributed by atoms with van der Waals surface area (Å²) in [6.45, 7) is 0. The molecular weight excluding hydrogens is 491 g/mol. The third-order valence-corrected chi connectivity index (χ3v) is 15.7. The monoisotopic (exact) mass is 510 g/mol. The van der Waals surface area contributed by atoms with Crippen molar-refractivity contribution in [1.82, 2.24) is 0 Å². The van der Waals surface area contributed by atoms with Crippen molar-refractivity contribution in [2.75, 3.05) is 0 Å². The molecular formula is C25H21Br2P. The summed E-state index contributed by atoms with van der Waals surface area (Å²) in [7, 11) is 0. The van der Waals surface area contributed by atoms with Gasteiger partial charge in [-0.3, -0.25) is 0 Å². The van der Waals surface area contributed by atoms with Gasteiger partial charge in [0.15, 0.2) is 0 Å². The van der Waals surface area contributed by atoms with E-state index >= 15 is 0 Å². The van der Waals surface area contributed by atoms with Crippen LogP contribution in [0.2, 0.25) is 0 Å². The van der Waals surface area contributed by atoms with Gasteiger partial charge in [0.05, 0.1) is 0 Å². The molecule has 0 amide bonds. The Balaban J connectivity index is 2.13. The number of halogens is 2. The molecule has 0 aliphatic rings. The van der Waals surface area contributed by atoms with E-state index in [1.54, 1.807) is 0 Å². The van der Waals surface area contributed by atoms with Crippen LogP contribution in [0.5, 0.6) is 0 Å². The summed E-state index contributed by atoms with van der Waals surface area (Å²) in [4.78, 5) is 0. The molecule has 0 unspecified atom stereocenters. The van der Waals surface area contributed by atoms with Crippen molar-refractivity contribution in [3.63, 3.8) is 0 Å². The van der Waals surface area contributed by atoms with E-state index in [2.05, 4.69) is 147 Å². The van der Waals surface area contributed by atoms with Gasteiger partial charge in [0.1, 0.15) is 0 Å². The molecule has 4 aromatic rings. The molecule has 0 bridgehead atoms. The fraction of sp³-hybridized carbons (Fsp3) is 0.0400. The van der Waals surface area contributed by atoms with Crippen molar-refractivity contribution in [3.8, 4) is 0 Å². The van der Waals surface area contributed by atoms with Crippen LogP contribution in [0.15, 0.2) is 120 Å². The zero-order valence-corrected chi connectivity index (χ0v) is 19.4. The first-order chi connectivity index (χ1) is 13.6. The fourth-order valence-corrected chi connectivity index (χ4v) is 14.1. The summed E-state index contributed by atoms with van der Waals surface area (Å²) in [6.07, 6.45) is 0.906. The van der Waals surface area contributed by atoms with Crippen LogP contribution in [-0.4, -0.2) is 0 Å². The molecule has 0 aromatic heterocycles. The summed E-state index contributed by atoms with van der Waals surface area (Å²) in [6, 6.07) is 41.2. The Labute approximate surface area is 183 Å². The Kier molecular flexibility index (Phi) is 5.56. The quantitative estimate of drug-likeness (QED) is 0.259. The summed E-state index contributed by atoms with van der Waals surface area (Å²) in [5.74, 6) is 0. The van der Waals surface area contributed by atoms with Crippen molar-refractivity contribution in [2.24, 2.45) is 0 Å². The van der Waals surface area contributed by atoms with Gasteiger partial charge in [-0.2, -0.15) is 0 Å². The molecule has 0 radical (unpaired) electrons. The normalized spacial score (nSPS) is 12.9. The van der Waals surface area contributed by atoms with Crippen molar-refractivity contribution in [3.05, 3.63) is 125 Å². The van der Waals surface area contributed by atoms with Gasteiger partial charge in [0.25, 0.3) is 0 Å². The third kappa shape index (κ3) is 3.28. The van der Waals surface area contributed by atoms with E-state index in [1.807, 2.05) is 0 Å². The van der Waals surface area contributed by atoms with E-state index in [-0.39, 0.29) is 0 Å². The molecule has 4 rings (SSSR count). The maximum atomic E-state index is 4.51. The molecule has 0 saturated carbocycles. The van der Waals surface area contributed by atoms with Gasteiger partial charge in [0.2, 0.25) is 0 Å². The summed E-state index contributed by atoms with van der Waals surface area (Å²) >= 11 is 8.38. The Morgan fingerprint density at radius 3 is 1.46 bits per heavy atom. The second-order valence-corrected chi connectivity index (χ2v) is 16.7. The van der Waals surface area contributed by atoms with Gasteiger partial charge in [-0.1, -0.05) is 0 Å². The number of rotatable bonds is 5. The fourth-order valence-electron chi connectivity index (χ4n) is 3.93. The molecule has 0 fully saturated rings. The Morgan fingerprint density at radius 2 is 0.964 bits per heavy atom. The van der Waals surface area contributed by atoms with Crippen LogP contribution in [0, 0.1) is 0 Å². The number of hydrogen-bond acceptors (Lipinski definition) is 0. The second kappa shape index (κ2) is 7.95. The molecule has 0 N–H and O–H groups in total. The summed E-state index contributed by atoms with van der Waals surface area (Å²) < 4.78 is 1.13. The van der Waals surface area contributed by atoms with Gasteiger partial charge < -0.3 is 0 Å². The summed E-state index contributed by atoms with van der Waals surface area (Å²) in [5, 5.41) is 1.01. The average Bonchev–Trinajstić information content (AvgIpc) is 2.76. The van der Waals surface area contributed by atoms with Crippen LogP contribution >= 0.6 is 36.7 Å². The van der Waals surface area contributed by atoms with Gasteiger partial charge >= 0.3 is 184 Å². The molecule has 0 heterocycles. The third-order valence-electron chi connectivity index (χ3n) is 5.27. The van der Waals surface area contributed by atoms with E-state index in [0.717, 1.165) is 10.6 Å². The molecule has 0 nitrogen and oxygen atoms in total. The predicted molar refractivity (Wildman–Crippen MR) is 132 cm³/mol. The van der Waals surface area contributed by atoms with Gasteiger partial charge in [-0.15, -0.1) is 0 Å². The van der Waals surface area contributed by atoms with Crippen molar-refractivity contribution in [1.29, 1.82) is 0 Å². The Hall–Kier alpha value is -1.73. The summed E-state index contributed by atoms with van der Waals surface area (Å²) in [5.41, 5.74) is 1.32. The molecule has 0 saturated heterocycles. The van der Waals surface area contributed by atoms with E-state index in [9.17, 15) is 0 Å². The van der Waals surface area contributed by atoms with Crippen molar-refractivity contribution < 1.29 is 0 Å². The van der Waals surface area contributed by atoms with Crippen LogP contribution < -0.4 is 15.9 Å². The van der Waals surface area contributed by atoms with Crippen molar-refractivity contribution >= 4 is 52.6 Å². The van der Waals surface area contributed by atoms with Crippen LogP contribution in [0.1, 0.15) is 5.56 Å². The van der Waals surface area contributed by atoms with Gasteiger partial charge in [0, 0.05) is 0 Å². The van der Waals surface area contributed by atoms with E-state index < -0.39 is 5.31 Å². The molecule has 140 valence electrons. The van der Waals surface area contributed by atoms with Crippen LogP contribution in [-0.2, 0) is 6.16 Å².